The third-order valence-electron chi connectivity index (χ3n) is 9.23. The SMILES string of the molecule is C/C=C1/CC[C@H]2[C@@H]3CC[C@H]4C[C@@H](C)CC[C@]4(C)[C@H]3C[C@@H](O)[C@]12C. The van der Waals surface area contributed by atoms with E-state index in [9.17, 15) is 5.11 Å². The molecule has 4 aliphatic carbocycles. The Kier molecular flexibility index (Phi) is 3.76. The summed E-state index contributed by atoms with van der Waals surface area (Å²) in [6.07, 6.45) is 13.0. The number of allylic oxidation sites excluding steroid dienone is 1. The van der Waals surface area contributed by atoms with E-state index in [0.717, 1.165) is 36.0 Å². The van der Waals surface area contributed by atoms with E-state index in [2.05, 4.69) is 33.8 Å². The van der Waals surface area contributed by atoms with Crippen molar-refractivity contribution in [2.24, 2.45) is 40.4 Å². The molecule has 0 bridgehead atoms. The maximum absolute atomic E-state index is 11.2. The highest BCUT2D eigenvalue weighted by Gasteiger charge is 2.61. The van der Waals surface area contributed by atoms with E-state index in [1.54, 1.807) is 5.57 Å². The molecule has 0 spiro atoms. The summed E-state index contributed by atoms with van der Waals surface area (Å²) >= 11 is 0. The Labute approximate surface area is 142 Å². The number of rotatable bonds is 0. The first-order chi connectivity index (χ1) is 10.9. The molecule has 8 atom stereocenters. The highest BCUT2D eigenvalue weighted by Crippen LogP contribution is 2.67. The molecule has 0 aromatic carbocycles. The Hall–Kier alpha value is -0.300. The molecular weight excluding hydrogens is 280 g/mol. The molecule has 1 N–H and O–H groups in total. The molecule has 1 nitrogen and oxygen atoms in total. The fourth-order valence-electron chi connectivity index (χ4n) is 7.76. The molecule has 0 unspecified atom stereocenters. The van der Waals surface area contributed by atoms with Gasteiger partial charge in [-0.1, -0.05) is 38.8 Å². The molecule has 0 saturated heterocycles. The maximum Gasteiger partial charge on any atom is 0.0636 e. The zero-order chi connectivity index (χ0) is 16.4. The van der Waals surface area contributed by atoms with Crippen LogP contribution in [0.1, 0.15) is 79.1 Å². The summed E-state index contributed by atoms with van der Waals surface area (Å²) in [5, 5.41) is 11.2. The van der Waals surface area contributed by atoms with Gasteiger partial charge in [0.15, 0.2) is 0 Å². The van der Waals surface area contributed by atoms with Crippen molar-refractivity contribution in [3.8, 4) is 0 Å². The van der Waals surface area contributed by atoms with E-state index in [0.29, 0.717) is 5.41 Å². The van der Waals surface area contributed by atoms with Crippen LogP contribution in [0.5, 0.6) is 0 Å². The third kappa shape index (κ3) is 2.08. The van der Waals surface area contributed by atoms with Crippen LogP contribution >= 0.6 is 0 Å². The minimum atomic E-state index is -0.114. The molecule has 23 heavy (non-hydrogen) atoms. The van der Waals surface area contributed by atoms with Crippen LogP contribution in [0.4, 0.5) is 0 Å². The lowest BCUT2D eigenvalue weighted by Gasteiger charge is -2.61. The molecule has 1 heteroatoms. The van der Waals surface area contributed by atoms with Gasteiger partial charge < -0.3 is 5.11 Å². The molecule has 4 aliphatic rings. The summed E-state index contributed by atoms with van der Waals surface area (Å²) in [6, 6.07) is 0. The van der Waals surface area contributed by atoms with Crippen LogP contribution in [0, 0.1) is 40.4 Å². The Bertz CT molecular complexity index is 508. The van der Waals surface area contributed by atoms with Crippen LogP contribution in [-0.2, 0) is 0 Å². The predicted octanol–water partition coefficient (Wildman–Crippen LogP) is 5.58. The summed E-state index contributed by atoms with van der Waals surface area (Å²) in [7, 11) is 0. The van der Waals surface area contributed by atoms with E-state index in [1.165, 1.54) is 44.9 Å². The molecule has 0 aliphatic heterocycles. The highest BCUT2D eigenvalue weighted by atomic mass is 16.3. The number of aliphatic hydroxyl groups is 1. The van der Waals surface area contributed by atoms with Crippen molar-refractivity contribution < 1.29 is 5.11 Å². The number of aliphatic hydroxyl groups excluding tert-OH is 1. The van der Waals surface area contributed by atoms with Gasteiger partial charge in [-0.25, -0.2) is 0 Å². The fourth-order valence-corrected chi connectivity index (χ4v) is 7.76. The average molecular weight is 317 g/mol. The third-order valence-corrected chi connectivity index (χ3v) is 9.23. The summed E-state index contributed by atoms with van der Waals surface area (Å²) in [4.78, 5) is 0. The average Bonchev–Trinajstić information content (AvgIpc) is 2.87. The number of hydrogen-bond acceptors (Lipinski definition) is 1. The predicted molar refractivity (Wildman–Crippen MR) is 96.0 cm³/mol. The second kappa shape index (κ2) is 5.35. The van der Waals surface area contributed by atoms with E-state index in [1.807, 2.05) is 0 Å². The second-order valence-corrected chi connectivity index (χ2v) is 9.92. The van der Waals surface area contributed by atoms with Gasteiger partial charge in [0, 0.05) is 5.41 Å². The quantitative estimate of drug-likeness (QED) is 0.578. The van der Waals surface area contributed by atoms with Crippen molar-refractivity contribution in [2.75, 3.05) is 0 Å². The molecule has 0 aromatic rings. The first-order valence-corrected chi connectivity index (χ1v) is 10.2. The van der Waals surface area contributed by atoms with Crippen LogP contribution in [0.15, 0.2) is 11.6 Å². The highest BCUT2D eigenvalue weighted by molar-refractivity contribution is 5.26. The van der Waals surface area contributed by atoms with Gasteiger partial charge in [0.05, 0.1) is 6.10 Å². The number of fused-ring (bicyclic) bond motifs is 5. The lowest BCUT2D eigenvalue weighted by molar-refractivity contribution is -0.147. The minimum Gasteiger partial charge on any atom is -0.392 e. The van der Waals surface area contributed by atoms with Crippen molar-refractivity contribution in [1.82, 2.24) is 0 Å². The molecule has 0 heterocycles. The van der Waals surface area contributed by atoms with E-state index >= 15 is 0 Å². The van der Waals surface area contributed by atoms with Gasteiger partial charge in [-0.05, 0) is 86.9 Å². The maximum atomic E-state index is 11.2. The Morgan fingerprint density at radius 3 is 2.57 bits per heavy atom. The molecule has 0 aromatic heterocycles. The van der Waals surface area contributed by atoms with E-state index < -0.39 is 0 Å². The summed E-state index contributed by atoms with van der Waals surface area (Å²) < 4.78 is 0. The van der Waals surface area contributed by atoms with Crippen LogP contribution in [0.25, 0.3) is 0 Å². The normalized spacial score (nSPS) is 57.7. The zero-order valence-electron chi connectivity index (χ0n) is 15.6. The van der Waals surface area contributed by atoms with Crippen molar-refractivity contribution in [2.45, 2.75) is 85.2 Å². The topological polar surface area (TPSA) is 20.2 Å². The Balaban J connectivity index is 1.68. The van der Waals surface area contributed by atoms with Gasteiger partial charge in [-0.3, -0.25) is 0 Å². The van der Waals surface area contributed by atoms with Gasteiger partial charge >= 0.3 is 0 Å². The van der Waals surface area contributed by atoms with Crippen molar-refractivity contribution in [3.05, 3.63) is 11.6 Å². The largest absolute Gasteiger partial charge is 0.392 e. The van der Waals surface area contributed by atoms with Crippen molar-refractivity contribution in [1.29, 1.82) is 0 Å². The van der Waals surface area contributed by atoms with Crippen LogP contribution in [0.2, 0.25) is 0 Å². The van der Waals surface area contributed by atoms with Gasteiger partial charge in [-0.15, -0.1) is 0 Å². The lowest BCUT2D eigenvalue weighted by atomic mass is 9.44. The van der Waals surface area contributed by atoms with Gasteiger partial charge in [0.2, 0.25) is 0 Å². The lowest BCUT2D eigenvalue weighted by Crippen LogP contribution is -2.57. The zero-order valence-corrected chi connectivity index (χ0v) is 15.6. The molecular formula is C22H36O. The van der Waals surface area contributed by atoms with Crippen LogP contribution in [0.3, 0.4) is 0 Å². The monoisotopic (exact) mass is 316 g/mol. The minimum absolute atomic E-state index is 0.0844. The molecule has 4 saturated carbocycles. The van der Waals surface area contributed by atoms with E-state index in [-0.39, 0.29) is 11.5 Å². The molecule has 4 fully saturated rings. The summed E-state index contributed by atoms with van der Waals surface area (Å²) in [6.45, 7) is 9.62. The molecule has 4 rings (SSSR count). The number of hydrogen-bond donors (Lipinski definition) is 1. The molecule has 0 radical (unpaired) electrons. The Morgan fingerprint density at radius 1 is 1.04 bits per heavy atom. The smallest absolute Gasteiger partial charge is 0.0636 e. The Morgan fingerprint density at radius 2 is 1.83 bits per heavy atom. The van der Waals surface area contributed by atoms with Gasteiger partial charge in [0.1, 0.15) is 0 Å². The second-order valence-electron chi connectivity index (χ2n) is 9.92. The van der Waals surface area contributed by atoms with Gasteiger partial charge in [0.25, 0.3) is 0 Å². The summed E-state index contributed by atoms with van der Waals surface area (Å²) in [5.74, 6) is 4.23. The van der Waals surface area contributed by atoms with Crippen LogP contribution < -0.4 is 0 Å². The standard InChI is InChI=1S/C22H36O/c1-5-15-7-9-18-17-8-6-16-12-14(2)10-11-21(16,3)19(17)13-20(23)22(15,18)4/h5,14,16-20,23H,6-13H2,1-4H3/b15-5-/t14-,16-,17-,18-,19-,20+,21-,22+/m0/s1. The van der Waals surface area contributed by atoms with Crippen LogP contribution in [-0.4, -0.2) is 11.2 Å². The molecule has 0 amide bonds. The van der Waals surface area contributed by atoms with E-state index in [4.69, 9.17) is 0 Å². The fraction of sp³-hybridized carbons (Fsp3) is 0.909. The first kappa shape index (κ1) is 16.2. The first-order valence-electron chi connectivity index (χ1n) is 10.2. The summed E-state index contributed by atoms with van der Waals surface area (Å²) in [5.41, 5.74) is 2.15. The van der Waals surface area contributed by atoms with Crippen molar-refractivity contribution >= 4 is 0 Å². The van der Waals surface area contributed by atoms with Gasteiger partial charge in [-0.2, -0.15) is 0 Å². The molecule has 130 valence electrons. The van der Waals surface area contributed by atoms with Crippen molar-refractivity contribution in [3.63, 3.8) is 0 Å².